The van der Waals surface area contributed by atoms with Gasteiger partial charge in [-0.25, -0.2) is 14.8 Å². The van der Waals surface area contributed by atoms with Crippen LogP contribution in [-0.4, -0.2) is 53.8 Å². The summed E-state index contributed by atoms with van der Waals surface area (Å²) in [6.07, 6.45) is 1.78. The van der Waals surface area contributed by atoms with Crippen LogP contribution in [0.5, 0.6) is 0 Å². The van der Waals surface area contributed by atoms with Crippen molar-refractivity contribution in [2.45, 2.75) is 0 Å². The summed E-state index contributed by atoms with van der Waals surface area (Å²) >= 11 is 1.56. The molecule has 0 amide bonds. The minimum absolute atomic E-state index is 0.316. The summed E-state index contributed by atoms with van der Waals surface area (Å²) in [7, 11) is 0. The van der Waals surface area contributed by atoms with E-state index in [-0.39, 0.29) is 0 Å². The molecule has 1 fully saturated rings. The molecule has 7 nitrogen and oxygen atoms in total. The van der Waals surface area contributed by atoms with Gasteiger partial charge in [-0.1, -0.05) is 36.4 Å². The number of carbonyl (C=O) groups excluding carboxylic acids is 1. The molecule has 0 spiro atoms. The van der Waals surface area contributed by atoms with E-state index < -0.39 is 5.97 Å². The standard InChI is InChI=1S/C23H21N5O2S/c24-23(26-20-9-4-14-31-20)28-12-10-27(11-13-28)15-19-22(29)30-21(25-19)18-8-3-6-16-5-1-2-7-17(16)18/h1-9,14-15H,10-13H2,(H2,24,26). The Labute approximate surface area is 183 Å². The second-order valence-corrected chi connectivity index (χ2v) is 8.22. The number of aliphatic imine (C=N–C) groups is 2. The monoisotopic (exact) mass is 431 g/mol. The number of rotatable bonds is 3. The average molecular weight is 432 g/mol. The Morgan fingerprint density at radius 1 is 1.06 bits per heavy atom. The second kappa shape index (κ2) is 8.23. The van der Waals surface area contributed by atoms with Crippen LogP contribution in [0, 0.1) is 0 Å². The first-order valence-corrected chi connectivity index (χ1v) is 10.9. The zero-order valence-corrected chi connectivity index (χ0v) is 17.6. The largest absolute Gasteiger partial charge is 0.402 e. The number of guanidine groups is 1. The molecule has 3 aromatic rings. The van der Waals surface area contributed by atoms with Crippen LogP contribution in [0.15, 0.2) is 81.9 Å². The maximum absolute atomic E-state index is 12.4. The van der Waals surface area contributed by atoms with E-state index in [0.717, 1.165) is 47.5 Å². The van der Waals surface area contributed by atoms with Crippen LogP contribution >= 0.6 is 11.3 Å². The molecule has 5 rings (SSSR count). The number of hydrogen-bond acceptors (Lipinski definition) is 6. The molecule has 156 valence electrons. The van der Waals surface area contributed by atoms with Crippen molar-refractivity contribution in [2.75, 3.05) is 26.2 Å². The molecule has 1 aromatic heterocycles. The predicted molar refractivity (Wildman–Crippen MR) is 123 cm³/mol. The van der Waals surface area contributed by atoms with Crippen LogP contribution in [0.1, 0.15) is 5.56 Å². The summed E-state index contributed by atoms with van der Waals surface area (Å²) in [6, 6.07) is 17.8. The maximum Gasteiger partial charge on any atom is 0.365 e. The lowest BCUT2D eigenvalue weighted by atomic mass is 10.0. The topological polar surface area (TPSA) is 83.5 Å². The molecule has 31 heavy (non-hydrogen) atoms. The lowest BCUT2D eigenvalue weighted by molar-refractivity contribution is -0.130. The number of thiophene rings is 1. The number of benzene rings is 2. The summed E-state index contributed by atoms with van der Waals surface area (Å²) in [4.78, 5) is 25.5. The molecule has 2 aliphatic rings. The summed E-state index contributed by atoms with van der Waals surface area (Å²) in [5.74, 6) is 0.439. The van der Waals surface area contributed by atoms with Crippen LogP contribution in [0.25, 0.3) is 10.8 Å². The number of hydrogen-bond donors (Lipinski definition) is 1. The molecule has 1 saturated heterocycles. The third kappa shape index (κ3) is 4.02. The lowest BCUT2D eigenvalue weighted by Gasteiger charge is -2.34. The third-order valence-corrected chi connectivity index (χ3v) is 6.08. The maximum atomic E-state index is 12.4. The number of fused-ring (bicyclic) bond motifs is 1. The van der Waals surface area contributed by atoms with Gasteiger partial charge in [-0.05, 0) is 34.4 Å². The fraction of sp³-hybridized carbons (Fsp3) is 0.174. The van der Waals surface area contributed by atoms with E-state index in [9.17, 15) is 4.79 Å². The Balaban J connectivity index is 1.30. The zero-order valence-electron chi connectivity index (χ0n) is 16.8. The minimum Gasteiger partial charge on any atom is -0.402 e. The molecule has 8 heteroatoms. The van der Waals surface area contributed by atoms with Gasteiger partial charge in [-0.3, -0.25) is 0 Å². The van der Waals surface area contributed by atoms with E-state index >= 15 is 0 Å². The molecule has 0 atom stereocenters. The molecular formula is C23H21N5O2S. The van der Waals surface area contributed by atoms with Crippen LogP contribution in [0.2, 0.25) is 0 Å². The molecule has 0 radical (unpaired) electrons. The van der Waals surface area contributed by atoms with Gasteiger partial charge in [0.1, 0.15) is 5.00 Å². The van der Waals surface area contributed by atoms with Crippen molar-refractivity contribution in [3.8, 4) is 0 Å². The van der Waals surface area contributed by atoms with E-state index in [1.54, 1.807) is 17.5 Å². The van der Waals surface area contributed by atoms with Crippen molar-refractivity contribution in [1.29, 1.82) is 0 Å². The highest BCUT2D eigenvalue weighted by molar-refractivity contribution is 7.13. The highest BCUT2D eigenvalue weighted by Gasteiger charge is 2.27. The first-order valence-electron chi connectivity index (χ1n) is 10.0. The van der Waals surface area contributed by atoms with Gasteiger partial charge < -0.3 is 20.3 Å². The number of ether oxygens (including phenoxy) is 1. The smallest absolute Gasteiger partial charge is 0.365 e. The van der Waals surface area contributed by atoms with Crippen molar-refractivity contribution >= 4 is 44.9 Å². The molecule has 0 aliphatic carbocycles. The van der Waals surface area contributed by atoms with Crippen molar-refractivity contribution in [3.05, 3.63) is 77.4 Å². The quantitative estimate of drug-likeness (QED) is 0.298. The summed E-state index contributed by atoms with van der Waals surface area (Å²) in [6.45, 7) is 2.88. The normalized spacial score (nSPS) is 18.6. The fourth-order valence-corrected chi connectivity index (χ4v) is 4.30. The third-order valence-electron chi connectivity index (χ3n) is 5.31. The summed E-state index contributed by atoms with van der Waals surface area (Å²) < 4.78 is 5.50. The van der Waals surface area contributed by atoms with Gasteiger partial charge in [-0.2, -0.15) is 0 Å². The van der Waals surface area contributed by atoms with Crippen LogP contribution in [0.3, 0.4) is 0 Å². The van der Waals surface area contributed by atoms with E-state index in [4.69, 9.17) is 10.5 Å². The summed E-state index contributed by atoms with van der Waals surface area (Å²) in [5.41, 5.74) is 7.28. The molecule has 2 aliphatic heterocycles. The molecule has 0 saturated carbocycles. The van der Waals surface area contributed by atoms with Gasteiger partial charge in [0, 0.05) is 37.9 Å². The average Bonchev–Trinajstić information content (AvgIpc) is 3.43. The molecule has 2 N–H and O–H groups in total. The Morgan fingerprint density at radius 2 is 1.87 bits per heavy atom. The Hall–Kier alpha value is -3.65. The highest BCUT2D eigenvalue weighted by Crippen LogP contribution is 2.24. The fourth-order valence-electron chi connectivity index (χ4n) is 3.70. The Bertz CT molecular complexity index is 1200. The van der Waals surface area contributed by atoms with Crippen molar-refractivity contribution < 1.29 is 9.53 Å². The molecule has 0 bridgehead atoms. The number of nitrogens with two attached hydrogens (primary N) is 1. The first kappa shape index (κ1) is 19.3. The minimum atomic E-state index is -0.427. The van der Waals surface area contributed by atoms with Gasteiger partial charge in [0.2, 0.25) is 5.90 Å². The van der Waals surface area contributed by atoms with E-state index in [2.05, 4.69) is 14.9 Å². The van der Waals surface area contributed by atoms with E-state index in [1.807, 2.05) is 64.9 Å². The predicted octanol–water partition coefficient (Wildman–Crippen LogP) is 3.31. The van der Waals surface area contributed by atoms with Gasteiger partial charge in [0.25, 0.3) is 0 Å². The second-order valence-electron chi connectivity index (χ2n) is 7.29. The Morgan fingerprint density at radius 3 is 2.68 bits per heavy atom. The van der Waals surface area contributed by atoms with Crippen LogP contribution < -0.4 is 5.73 Å². The molecule has 2 aromatic carbocycles. The number of cyclic esters (lactones) is 1. The first-order chi connectivity index (χ1) is 15.2. The molecular weight excluding hydrogens is 410 g/mol. The number of piperazine rings is 1. The van der Waals surface area contributed by atoms with Gasteiger partial charge in [-0.15, -0.1) is 11.3 Å². The molecule has 3 heterocycles. The van der Waals surface area contributed by atoms with Gasteiger partial charge in [0.15, 0.2) is 11.7 Å². The van der Waals surface area contributed by atoms with Gasteiger partial charge >= 0.3 is 5.97 Å². The van der Waals surface area contributed by atoms with Gasteiger partial charge in [0.05, 0.1) is 0 Å². The Kier molecular flexibility index (Phi) is 5.13. The van der Waals surface area contributed by atoms with Crippen LogP contribution in [0.4, 0.5) is 5.00 Å². The lowest BCUT2D eigenvalue weighted by Crippen LogP contribution is -2.49. The van der Waals surface area contributed by atoms with Crippen molar-refractivity contribution in [3.63, 3.8) is 0 Å². The SMILES string of the molecule is N/C(=N\c1cccs1)N1CCN(C=C2N=C(c3cccc4ccccc34)OC2=O)CC1. The van der Waals surface area contributed by atoms with Crippen LogP contribution in [-0.2, 0) is 9.53 Å². The highest BCUT2D eigenvalue weighted by atomic mass is 32.1. The van der Waals surface area contributed by atoms with Crippen molar-refractivity contribution in [2.24, 2.45) is 15.7 Å². The van der Waals surface area contributed by atoms with Crippen molar-refractivity contribution in [1.82, 2.24) is 9.80 Å². The molecule has 0 unspecified atom stereocenters. The number of esters is 1. The summed E-state index contributed by atoms with van der Waals surface area (Å²) in [5, 5.41) is 4.95. The zero-order chi connectivity index (χ0) is 21.2. The van der Waals surface area contributed by atoms with E-state index in [0.29, 0.717) is 17.6 Å². The number of nitrogens with zero attached hydrogens (tertiary/aromatic N) is 4. The number of carbonyl (C=O) groups is 1. The van der Waals surface area contributed by atoms with E-state index in [1.165, 1.54) is 0 Å².